The minimum Gasteiger partial charge on any atom is -0.497 e. The van der Waals surface area contributed by atoms with E-state index in [1.54, 1.807) is 50.6 Å². The van der Waals surface area contributed by atoms with E-state index in [1.165, 1.54) is 0 Å². The van der Waals surface area contributed by atoms with E-state index in [4.69, 9.17) is 21.1 Å². The summed E-state index contributed by atoms with van der Waals surface area (Å²) in [5, 5.41) is 11.1. The van der Waals surface area contributed by atoms with Crippen LogP contribution in [0.5, 0.6) is 11.5 Å². The van der Waals surface area contributed by atoms with Crippen molar-refractivity contribution in [1.29, 1.82) is 0 Å². The van der Waals surface area contributed by atoms with E-state index in [0.717, 1.165) is 10.0 Å². The van der Waals surface area contributed by atoms with Gasteiger partial charge in [-0.3, -0.25) is 0 Å². The van der Waals surface area contributed by atoms with Gasteiger partial charge in [0.1, 0.15) is 17.6 Å². The molecule has 0 aromatic heterocycles. The van der Waals surface area contributed by atoms with Crippen LogP contribution < -0.4 is 9.47 Å². The highest BCUT2D eigenvalue weighted by molar-refractivity contribution is 9.10. The van der Waals surface area contributed by atoms with Crippen LogP contribution in [0.25, 0.3) is 0 Å². The van der Waals surface area contributed by atoms with Crippen molar-refractivity contribution in [3.8, 4) is 11.5 Å². The van der Waals surface area contributed by atoms with Crippen LogP contribution in [0.1, 0.15) is 17.2 Å². The van der Waals surface area contributed by atoms with Crippen molar-refractivity contribution in [2.24, 2.45) is 0 Å². The molecule has 0 spiro atoms. The lowest BCUT2D eigenvalue weighted by Crippen LogP contribution is -2.01. The molecule has 0 aliphatic carbocycles. The summed E-state index contributed by atoms with van der Waals surface area (Å²) in [4.78, 5) is 0. The molecule has 1 atom stereocenters. The van der Waals surface area contributed by atoms with Gasteiger partial charge in [0, 0.05) is 10.5 Å². The second kappa shape index (κ2) is 6.48. The van der Waals surface area contributed by atoms with Gasteiger partial charge < -0.3 is 14.6 Å². The van der Waals surface area contributed by atoms with E-state index in [1.807, 2.05) is 0 Å². The lowest BCUT2D eigenvalue weighted by atomic mass is 10.0. The van der Waals surface area contributed by atoms with E-state index in [0.29, 0.717) is 22.1 Å². The van der Waals surface area contributed by atoms with E-state index < -0.39 is 6.10 Å². The number of halogens is 2. The maximum absolute atomic E-state index is 10.5. The topological polar surface area (TPSA) is 38.7 Å². The minimum absolute atomic E-state index is 0.601. The smallest absolute Gasteiger partial charge is 0.122 e. The van der Waals surface area contributed by atoms with Crippen LogP contribution in [0.4, 0.5) is 0 Å². The van der Waals surface area contributed by atoms with Crippen LogP contribution in [0.15, 0.2) is 40.9 Å². The van der Waals surface area contributed by atoms with Crippen LogP contribution in [-0.4, -0.2) is 19.3 Å². The first-order chi connectivity index (χ1) is 9.55. The molecular weight excluding hydrogens is 344 g/mol. The second-order valence-corrected chi connectivity index (χ2v) is 5.48. The summed E-state index contributed by atoms with van der Waals surface area (Å²) < 4.78 is 11.2. The highest BCUT2D eigenvalue weighted by Crippen LogP contribution is 2.32. The maximum Gasteiger partial charge on any atom is 0.122 e. The normalized spacial score (nSPS) is 12.1. The third-order valence-corrected chi connectivity index (χ3v) is 4.16. The zero-order valence-corrected chi connectivity index (χ0v) is 13.4. The van der Waals surface area contributed by atoms with Gasteiger partial charge >= 0.3 is 0 Å². The van der Waals surface area contributed by atoms with Gasteiger partial charge in [0.2, 0.25) is 0 Å². The molecule has 1 N–H and O–H groups in total. The fourth-order valence-corrected chi connectivity index (χ4v) is 2.38. The molecule has 0 amide bonds. The minimum atomic E-state index is -0.785. The first kappa shape index (κ1) is 15.2. The number of rotatable bonds is 4. The fraction of sp³-hybridized carbons (Fsp3) is 0.200. The number of ether oxygens (including phenoxy) is 2. The van der Waals surface area contributed by atoms with Crippen molar-refractivity contribution >= 4 is 27.5 Å². The van der Waals surface area contributed by atoms with Crippen LogP contribution in [0.3, 0.4) is 0 Å². The van der Waals surface area contributed by atoms with Gasteiger partial charge in [-0.05, 0) is 51.3 Å². The quantitative estimate of drug-likeness (QED) is 0.891. The molecule has 0 aliphatic heterocycles. The Hall–Kier alpha value is -1.23. The zero-order chi connectivity index (χ0) is 14.7. The van der Waals surface area contributed by atoms with Gasteiger partial charge in [0.15, 0.2) is 0 Å². The molecule has 20 heavy (non-hydrogen) atoms. The first-order valence-electron chi connectivity index (χ1n) is 5.91. The molecule has 0 bridgehead atoms. The van der Waals surface area contributed by atoms with Crippen LogP contribution >= 0.6 is 27.5 Å². The van der Waals surface area contributed by atoms with Crippen molar-refractivity contribution in [1.82, 2.24) is 0 Å². The van der Waals surface area contributed by atoms with Gasteiger partial charge in [-0.2, -0.15) is 0 Å². The fourth-order valence-electron chi connectivity index (χ4n) is 1.86. The highest BCUT2D eigenvalue weighted by Gasteiger charge is 2.14. The Morgan fingerprint density at radius 2 is 1.60 bits per heavy atom. The van der Waals surface area contributed by atoms with E-state index in [9.17, 15) is 5.11 Å². The molecule has 0 saturated heterocycles. The van der Waals surface area contributed by atoms with Crippen molar-refractivity contribution < 1.29 is 14.6 Å². The molecule has 5 heteroatoms. The molecular formula is C15H14BrClO3. The van der Waals surface area contributed by atoms with Gasteiger partial charge in [-0.1, -0.05) is 17.7 Å². The predicted molar refractivity (Wildman–Crippen MR) is 82.8 cm³/mol. The van der Waals surface area contributed by atoms with Crippen molar-refractivity contribution in [3.63, 3.8) is 0 Å². The van der Waals surface area contributed by atoms with Crippen molar-refractivity contribution in [2.45, 2.75) is 6.10 Å². The van der Waals surface area contributed by atoms with Gasteiger partial charge in [-0.25, -0.2) is 0 Å². The van der Waals surface area contributed by atoms with E-state index in [2.05, 4.69) is 15.9 Å². The SMILES string of the molecule is COc1cc(OC)cc(C(O)c2ccc(Cl)c(Br)c2)c1. The Morgan fingerprint density at radius 1 is 1.00 bits per heavy atom. The number of aliphatic hydroxyl groups is 1. The average molecular weight is 358 g/mol. The molecule has 0 radical (unpaired) electrons. The van der Waals surface area contributed by atoms with Gasteiger partial charge in [0.25, 0.3) is 0 Å². The Kier molecular flexibility index (Phi) is 4.91. The third-order valence-electron chi connectivity index (χ3n) is 2.95. The second-order valence-electron chi connectivity index (χ2n) is 4.22. The van der Waals surface area contributed by atoms with E-state index in [-0.39, 0.29) is 0 Å². The zero-order valence-electron chi connectivity index (χ0n) is 11.1. The lowest BCUT2D eigenvalue weighted by molar-refractivity contribution is 0.219. The predicted octanol–water partition coefficient (Wildman–Crippen LogP) is 4.20. The maximum atomic E-state index is 10.5. The molecule has 3 nitrogen and oxygen atoms in total. The molecule has 2 aromatic carbocycles. The number of hydrogen-bond acceptors (Lipinski definition) is 3. The number of methoxy groups -OCH3 is 2. The summed E-state index contributed by atoms with van der Waals surface area (Å²) >= 11 is 9.31. The number of hydrogen-bond donors (Lipinski definition) is 1. The van der Waals surface area contributed by atoms with Gasteiger partial charge in [0.05, 0.1) is 19.2 Å². The molecule has 1 unspecified atom stereocenters. The summed E-state index contributed by atoms with van der Waals surface area (Å²) in [6.45, 7) is 0. The standard InChI is InChI=1S/C15H14BrClO3/c1-19-11-5-10(6-12(8-11)20-2)15(18)9-3-4-14(17)13(16)7-9/h3-8,15,18H,1-2H3. The van der Waals surface area contributed by atoms with Crippen molar-refractivity contribution in [2.75, 3.05) is 14.2 Å². The number of aliphatic hydroxyl groups excluding tert-OH is 1. The Labute approximate surface area is 131 Å². The molecule has 0 heterocycles. The first-order valence-corrected chi connectivity index (χ1v) is 7.08. The summed E-state index contributed by atoms with van der Waals surface area (Å²) in [6, 6.07) is 10.6. The Balaban J connectivity index is 2.41. The summed E-state index contributed by atoms with van der Waals surface area (Å²) in [5.74, 6) is 1.26. The molecule has 0 fully saturated rings. The molecule has 106 valence electrons. The molecule has 2 rings (SSSR count). The van der Waals surface area contributed by atoms with E-state index >= 15 is 0 Å². The lowest BCUT2D eigenvalue weighted by Gasteiger charge is -2.15. The molecule has 2 aromatic rings. The summed E-state index contributed by atoms with van der Waals surface area (Å²) in [6.07, 6.45) is -0.785. The largest absolute Gasteiger partial charge is 0.497 e. The number of benzene rings is 2. The van der Waals surface area contributed by atoms with Crippen molar-refractivity contribution in [3.05, 3.63) is 57.0 Å². The molecule has 0 saturated carbocycles. The Morgan fingerprint density at radius 3 is 2.10 bits per heavy atom. The molecule has 0 aliphatic rings. The third kappa shape index (κ3) is 3.26. The summed E-state index contributed by atoms with van der Waals surface area (Å²) in [7, 11) is 3.15. The highest BCUT2D eigenvalue weighted by atomic mass is 79.9. The summed E-state index contributed by atoms with van der Waals surface area (Å²) in [5.41, 5.74) is 1.42. The monoisotopic (exact) mass is 356 g/mol. The van der Waals surface area contributed by atoms with Gasteiger partial charge in [-0.15, -0.1) is 0 Å². The Bertz CT molecular complexity index is 594. The average Bonchev–Trinajstić information content (AvgIpc) is 2.48. The van der Waals surface area contributed by atoms with Crippen LogP contribution in [0.2, 0.25) is 5.02 Å². The van der Waals surface area contributed by atoms with Crippen LogP contribution in [-0.2, 0) is 0 Å². The van der Waals surface area contributed by atoms with Crippen LogP contribution in [0, 0.1) is 0 Å².